The molecule has 0 unspecified atom stereocenters. The van der Waals surface area contributed by atoms with Crippen LogP contribution in [0.3, 0.4) is 0 Å². The third kappa shape index (κ3) is 3.81. The number of aliphatic hydroxyl groups excluding tert-OH is 4. The molecule has 0 bridgehead atoms. The van der Waals surface area contributed by atoms with Crippen LogP contribution in [0.4, 0.5) is 0 Å². The molecule has 2 heterocycles. The molecule has 4 rings (SSSR count). The van der Waals surface area contributed by atoms with Crippen molar-refractivity contribution in [2.45, 2.75) is 43.0 Å². The highest BCUT2D eigenvalue weighted by atomic mass is 16.6. The number of carbonyl (C=O) groups is 1. The lowest BCUT2D eigenvalue weighted by Gasteiger charge is -2.41. The number of benzene rings is 2. The predicted molar refractivity (Wildman–Crippen MR) is 114 cm³/mol. The Morgan fingerprint density at radius 2 is 1.62 bits per heavy atom. The molecule has 1 saturated heterocycles. The summed E-state index contributed by atoms with van der Waals surface area (Å²) in [5.41, 5.74) is 0.298. The summed E-state index contributed by atoms with van der Waals surface area (Å²) in [6.45, 7) is -0.670. The number of hydrogen-bond donors (Lipinski definition) is 6. The second kappa shape index (κ2) is 9.28. The molecule has 0 aliphatic carbocycles. The normalized spacial score (nSPS) is 28.7. The average Bonchev–Trinajstić information content (AvgIpc) is 2.83. The van der Waals surface area contributed by atoms with E-state index < -0.39 is 54.8 Å². The molecule has 11 heteroatoms. The fourth-order valence-electron chi connectivity index (χ4n) is 4.39. The zero-order valence-corrected chi connectivity index (χ0v) is 18.4. The van der Waals surface area contributed by atoms with Crippen molar-refractivity contribution < 1.29 is 54.4 Å². The minimum absolute atomic E-state index is 0.0253. The van der Waals surface area contributed by atoms with Crippen molar-refractivity contribution in [3.05, 3.63) is 41.0 Å². The molecule has 11 nitrogen and oxygen atoms in total. The summed E-state index contributed by atoms with van der Waals surface area (Å²) in [4.78, 5) is 13.2. The van der Waals surface area contributed by atoms with Gasteiger partial charge in [0.25, 0.3) is 0 Å². The molecule has 6 atom stereocenters. The maximum absolute atomic E-state index is 13.2. The largest absolute Gasteiger partial charge is 0.508 e. The van der Waals surface area contributed by atoms with Gasteiger partial charge in [-0.1, -0.05) is 12.1 Å². The predicted octanol–water partition coefficient (Wildman–Crippen LogP) is 0.336. The molecule has 2 aliphatic rings. The number of ether oxygens (including phenoxy) is 4. The Balaban J connectivity index is 1.92. The number of methoxy groups -OCH3 is 2. The van der Waals surface area contributed by atoms with E-state index in [0.29, 0.717) is 5.56 Å². The fourth-order valence-corrected chi connectivity index (χ4v) is 4.39. The Hall–Kier alpha value is -3.09. The van der Waals surface area contributed by atoms with Crippen LogP contribution < -0.4 is 14.2 Å². The Bertz CT molecular complexity index is 1070. The lowest BCUT2D eigenvalue weighted by atomic mass is 9.86. The van der Waals surface area contributed by atoms with Gasteiger partial charge in [0, 0.05) is 0 Å². The summed E-state index contributed by atoms with van der Waals surface area (Å²) >= 11 is 0. The van der Waals surface area contributed by atoms with Crippen molar-refractivity contribution >= 4 is 5.78 Å². The fraction of sp³-hybridized carbons (Fsp3) is 0.435. The van der Waals surface area contributed by atoms with Gasteiger partial charge in [0.05, 0.1) is 32.8 Å². The van der Waals surface area contributed by atoms with Crippen LogP contribution in [0.5, 0.6) is 28.7 Å². The summed E-state index contributed by atoms with van der Waals surface area (Å²) in [7, 11) is 2.51. The van der Waals surface area contributed by atoms with E-state index in [9.17, 15) is 35.4 Å². The molecule has 0 aromatic heterocycles. The van der Waals surface area contributed by atoms with Crippen LogP contribution in [-0.2, 0) is 4.74 Å². The molecule has 0 spiro atoms. The van der Waals surface area contributed by atoms with Gasteiger partial charge >= 0.3 is 0 Å². The van der Waals surface area contributed by atoms with Gasteiger partial charge in [-0.3, -0.25) is 4.79 Å². The smallest absolute Gasteiger partial charge is 0.204 e. The van der Waals surface area contributed by atoms with Gasteiger partial charge in [0.1, 0.15) is 53.7 Å². The number of carbonyl (C=O) groups excluding carboxylic acids is 1. The summed E-state index contributed by atoms with van der Waals surface area (Å²) in [6, 6.07) is 6.02. The Morgan fingerprint density at radius 1 is 0.971 bits per heavy atom. The first kappa shape index (κ1) is 24.0. The summed E-state index contributed by atoms with van der Waals surface area (Å²) in [5.74, 6) is -1.50. The molecule has 0 amide bonds. The third-order valence-corrected chi connectivity index (χ3v) is 6.13. The Kier molecular flexibility index (Phi) is 6.56. The van der Waals surface area contributed by atoms with E-state index in [2.05, 4.69) is 0 Å². The first-order valence-electron chi connectivity index (χ1n) is 10.5. The molecule has 2 aromatic carbocycles. The van der Waals surface area contributed by atoms with E-state index in [4.69, 9.17) is 18.9 Å². The third-order valence-electron chi connectivity index (χ3n) is 6.13. The Morgan fingerprint density at radius 3 is 2.21 bits per heavy atom. The van der Waals surface area contributed by atoms with Crippen molar-refractivity contribution in [3.8, 4) is 28.7 Å². The van der Waals surface area contributed by atoms with E-state index >= 15 is 0 Å². The lowest BCUT2D eigenvalue weighted by Crippen LogP contribution is -2.55. The zero-order valence-electron chi connectivity index (χ0n) is 18.4. The van der Waals surface area contributed by atoms with Crippen LogP contribution in [0.25, 0.3) is 0 Å². The molecule has 1 fully saturated rings. The van der Waals surface area contributed by atoms with Crippen LogP contribution in [0.2, 0.25) is 0 Å². The van der Waals surface area contributed by atoms with E-state index in [-0.39, 0.29) is 40.5 Å². The highest BCUT2D eigenvalue weighted by molar-refractivity contribution is 6.04. The molecule has 2 aromatic rings. The van der Waals surface area contributed by atoms with Crippen LogP contribution in [0, 0.1) is 0 Å². The molecule has 0 saturated carbocycles. The standard InChI is InChI=1S/C23H26O11/c1-31-22-15(21-19(30)18(29)16(27)13(8-24)34-21)20-14(17(28)23(22)32-2)11(26)7-12(33-20)9-3-5-10(25)6-4-9/h3-6,12-13,16,18-19,21,24-25,27-30H,7-8H2,1-2H3/t12-,13+,16-,18-,19+,21-/m0/s1. The van der Waals surface area contributed by atoms with Crippen molar-refractivity contribution in [1.82, 2.24) is 0 Å². The van der Waals surface area contributed by atoms with Gasteiger partial charge in [-0.15, -0.1) is 0 Å². The molecule has 6 N–H and O–H groups in total. The number of hydrogen-bond acceptors (Lipinski definition) is 11. The van der Waals surface area contributed by atoms with Gasteiger partial charge in [-0.05, 0) is 17.7 Å². The maximum Gasteiger partial charge on any atom is 0.204 e. The minimum atomic E-state index is -1.71. The zero-order chi connectivity index (χ0) is 24.7. The van der Waals surface area contributed by atoms with Gasteiger partial charge < -0.3 is 49.6 Å². The van der Waals surface area contributed by atoms with E-state index in [1.807, 2.05) is 0 Å². The molecular weight excluding hydrogens is 452 g/mol. The highest BCUT2D eigenvalue weighted by Gasteiger charge is 2.48. The molecular formula is C23H26O11. The van der Waals surface area contributed by atoms with E-state index in [0.717, 1.165) is 0 Å². The number of rotatable bonds is 5. The first-order valence-corrected chi connectivity index (χ1v) is 10.5. The van der Waals surface area contributed by atoms with Crippen LogP contribution in [0.15, 0.2) is 24.3 Å². The molecule has 2 aliphatic heterocycles. The number of phenolic OH excluding ortho intramolecular Hbond substituents is 2. The number of fused-ring (bicyclic) bond motifs is 1. The number of ketones is 1. The van der Waals surface area contributed by atoms with Gasteiger partial charge in [0.15, 0.2) is 17.3 Å². The molecule has 34 heavy (non-hydrogen) atoms. The maximum atomic E-state index is 13.2. The second-order valence-electron chi connectivity index (χ2n) is 8.11. The average molecular weight is 478 g/mol. The van der Waals surface area contributed by atoms with Crippen LogP contribution >= 0.6 is 0 Å². The number of aromatic hydroxyl groups is 2. The lowest BCUT2D eigenvalue weighted by molar-refractivity contribution is -0.232. The van der Waals surface area contributed by atoms with Crippen molar-refractivity contribution in [3.63, 3.8) is 0 Å². The molecule has 184 valence electrons. The molecule has 0 radical (unpaired) electrons. The van der Waals surface area contributed by atoms with Crippen LogP contribution in [-0.4, -0.2) is 81.7 Å². The second-order valence-corrected chi connectivity index (χ2v) is 8.11. The number of phenols is 2. The number of aliphatic hydroxyl groups is 4. The monoisotopic (exact) mass is 478 g/mol. The van der Waals surface area contributed by atoms with Crippen LogP contribution in [0.1, 0.15) is 40.1 Å². The summed E-state index contributed by atoms with van der Waals surface area (Å²) in [6.07, 6.45) is -8.66. The summed E-state index contributed by atoms with van der Waals surface area (Å²) in [5, 5.41) is 61.3. The number of Topliss-reactive ketones (excluding diaryl/α,β-unsaturated/α-hetero) is 1. The Labute approximate surface area is 194 Å². The topological polar surface area (TPSA) is 175 Å². The SMILES string of the molecule is COc1c(O)c2c(c([C@@H]3O[C@H](CO)[C@H](O)[C@H](O)[C@H]3O)c1OC)O[C@H](c1ccc(O)cc1)CC2=O. The van der Waals surface area contributed by atoms with Crippen molar-refractivity contribution in [2.75, 3.05) is 20.8 Å². The van der Waals surface area contributed by atoms with Crippen molar-refractivity contribution in [1.29, 1.82) is 0 Å². The van der Waals surface area contributed by atoms with Gasteiger partial charge in [0.2, 0.25) is 5.75 Å². The first-order chi connectivity index (χ1) is 16.2. The van der Waals surface area contributed by atoms with Gasteiger partial charge in [-0.2, -0.15) is 0 Å². The minimum Gasteiger partial charge on any atom is -0.508 e. The van der Waals surface area contributed by atoms with E-state index in [1.54, 1.807) is 12.1 Å². The van der Waals surface area contributed by atoms with Crippen molar-refractivity contribution in [2.24, 2.45) is 0 Å². The highest BCUT2D eigenvalue weighted by Crippen LogP contribution is 2.55. The summed E-state index contributed by atoms with van der Waals surface area (Å²) < 4.78 is 22.5. The van der Waals surface area contributed by atoms with Gasteiger partial charge in [-0.25, -0.2) is 0 Å². The van der Waals surface area contributed by atoms with E-state index in [1.165, 1.54) is 26.4 Å². The quantitative estimate of drug-likeness (QED) is 0.349.